The Hall–Kier alpha value is -0.0800. The highest BCUT2D eigenvalue weighted by molar-refractivity contribution is 5.00. The first-order chi connectivity index (χ1) is 9.51. The third kappa shape index (κ3) is 2.54. The number of fused-ring (bicyclic) bond motifs is 2. The van der Waals surface area contributed by atoms with Crippen molar-refractivity contribution in [2.75, 3.05) is 14.1 Å². The van der Waals surface area contributed by atoms with Crippen LogP contribution in [0.15, 0.2) is 0 Å². The SMILES string of the molecule is CC1CCC(C(O)CC2CC3CCC2C3)(N(C)C)CC1. The Morgan fingerprint density at radius 2 is 1.80 bits per heavy atom. The van der Waals surface area contributed by atoms with Gasteiger partial charge < -0.3 is 10.0 Å². The molecule has 116 valence electrons. The molecule has 0 aromatic heterocycles. The zero-order chi connectivity index (χ0) is 14.3. The molecule has 1 N–H and O–H groups in total. The Bertz CT molecular complexity index is 332. The molecule has 0 aliphatic heterocycles. The molecule has 0 aromatic carbocycles. The third-order valence-corrected chi connectivity index (χ3v) is 7.06. The van der Waals surface area contributed by atoms with Gasteiger partial charge in [0.25, 0.3) is 0 Å². The lowest BCUT2D eigenvalue weighted by Gasteiger charge is -2.48. The van der Waals surface area contributed by atoms with Crippen LogP contribution in [0, 0.1) is 23.7 Å². The summed E-state index contributed by atoms with van der Waals surface area (Å²) in [5, 5.41) is 11.0. The molecule has 0 heterocycles. The smallest absolute Gasteiger partial charge is 0.0726 e. The minimum Gasteiger partial charge on any atom is -0.391 e. The van der Waals surface area contributed by atoms with Gasteiger partial charge in [-0.05, 0) is 89.1 Å². The Morgan fingerprint density at radius 3 is 2.30 bits per heavy atom. The van der Waals surface area contributed by atoms with Crippen molar-refractivity contribution >= 4 is 0 Å². The Labute approximate surface area is 124 Å². The first kappa shape index (κ1) is 14.8. The van der Waals surface area contributed by atoms with E-state index in [9.17, 15) is 5.11 Å². The van der Waals surface area contributed by atoms with E-state index in [-0.39, 0.29) is 11.6 Å². The number of hydrogen-bond acceptors (Lipinski definition) is 2. The summed E-state index contributed by atoms with van der Waals surface area (Å²) in [7, 11) is 4.36. The Kier molecular flexibility index (Phi) is 4.16. The van der Waals surface area contributed by atoms with Gasteiger partial charge in [-0.25, -0.2) is 0 Å². The van der Waals surface area contributed by atoms with Crippen molar-refractivity contribution in [1.29, 1.82) is 0 Å². The van der Waals surface area contributed by atoms with Gasteiger partial charge in [-0.2, -0.15) is 0 Å². The van der Waals surface area contributed by atoms with Gasteiger partial charge in [0.2, 0.25) is 0 Å². The standard InChI is InChI=1S/C18H33NO/c1-13-6-8-18(9-7-13,19(2)3)17(20)12-16-11-14-4-5-15(16)10-14/h13-17,20H,4-12H2,1-3H3. The lowest BCUT2D eigenvalue weighted by atomic mass is 9.70. The molecule has 3 aliphatic rings. The van der Waals surface area contributed by atoms with Crippen molar-refractivity contribution in [1.82, 2.24) is 4.90 Å². The van der Waals surface area contributed by atoms with Crippen molar-refractivity contribution in [3.63, 3.8) is 0 Å². The number of aliphatic hydroxyl groups excluding tert-OH is 1. The largest absolute Gasteiger partial charge is 0.391 e. The van der Waals surface area contributed by atoms with E-state index >= 15 is 0 Å². The van der Waals surface area contributed by atoms with Crippen LogP contribution in [0.5, 0.6) is 0 Å². The second kappa shape index (κ2) is 5.61. The molecule has 0 amide bonds. The zero-order valence-corrected chi connectivity index (χ0v) is 13.6. The van der Waals surface area contributed by atoms with Crippen LogP contribution in [0.4, 0.5) is 0 Å². The highest BCUT2D eigenvalue weighted by Gasteiger charge is 2.46. The highest BCUT2D eigenvalue weighted by atomic mass is 16.3. The van der Waals surface area contributed by atoms with Gasteiger partial charge in [-0.1, -0.05) is 13.3 Å². The second-order valence-corrected chi connectivity index (χ2v) is 8.37. The molecule has 0 aromatic rings. The number of aliphatic hydroxyl groups is 1. The fourth-order valence-electron chi connectivity index (χ4n) is 5.51. The molecule has 3 fully saturated rings. The molecule has 2 heteroatoms. The average molecular weight is 279 g/mol. The van der Waals surface area contributed by atoms with Crippen LogP contribution >= 0.6 is 0 Å². The van der Waals surface area contributed by atoms with Crippen molar-refractivity contribution in [3.05, 3.63) is 0 Å². The van der Waals surface area contributed by atoms with Crippen LogP contribution in [0.25, 0.3) is 0 Å². The lowest BCUT2D eigenvalue weighted by Crippen LogP contribution is -2.56. The molecule has 2 bridgehead atoms. The predicted molar refractivity (Wildman–Crippen MR) is 83.6 cm³/mol. The maximum Gasteiger partial charge on any atom is 0.0726 e. The van der Waals surface area contributed by atoms with Crippen molar-refractivity contribution in [2.45, 2.75) is 76.4 Å². The van der Waals surface area contributed by atoms with Gasteiger partial charge in [0.15, 0.2) is 0 Å². The summed E-state index contributed by atoms with van der Waals surface area (Å²) in [5.74, 6) is 3.60. The molecule has 2 nitrogen and oxygen atoms in total. The summed E-state index contributed by atoms with van der Waals surface area (Å²) in [6.45, 7) is 2.36. The maximum absolute atomic E-state index is 11.0. The number of likely N-dealkylation sites (N-methyl/N-ethyl adjacent to an activating group) is 1. The van der Waals surface area contributed by atoms with E-state index in [1.54, 1.807) is 0 Å². The summed E-state index contributed by atoms with van der Waals surface area (Å²) in [4.78, 5) is 2.34. The summed E-state index contributed by atoms with van der Waals surface area (Å²) in [6, 6.07) is 0. The molecule has 0 spiro atoms. The number of nitrogens with zero attached hydrogens (tertiary/aromatic N) is 1. The van der Waals surface area contributed by atoms with E-state index in [1.807, 2.05) is 0 Å². The molecule has 0 radical (unpaired) electrons. The second-order valence-electron chi connectivity index (χ2n) is 8.37. The average Bonchev–Trinajstić information content (AvgIpc) is 3.01. The monoisotopic (exact) mass is 279 g/mol. The highest BCUT2D eigenvalue weighted by Crippen LogP contribution is 2.51. The van der Waals surface area contributed by atoms with Gasteiger partial charge in [-0.15, -0.1) is 0 Å². The number of rotatable bonds is 4. The topological polar surface area (TPSA) is 23.5 Å². The zero-order valence-electron chi connectivity index (χ0n) is 13.6. The van der Waals surface area contributed by atoms with Crippen LogP contribution in [-0.2, 0) is 0 Å². The van der Waals surface area contributed by atoms with Gasteiger partial charge in [0.05, 0.1) is 6.10 Å². The van der Waals surface area contributed by atoms with Crippen molar-refractivity contribution in [3.8, 4) is 0 Å². The summed E-state index contributed by atoms with van der Waals surface area (Å²) in [6.07, 6.45) is 11.7. The quantitative estimate of drug-likeness (QED) is 0.848. The summed E-state index contributed by atoms with van der Waals surface area (Å²) >= 11 is 0. The summed E-state index contributed by atoms with van der Waals surface area (Å²) < 4.78 is 0. The fraction of sp³-hybridized carbons (Fsp3) is 1.00. The minimum absolute atomic E-state index is 0.0638. The normalized spacial score (nSPS) is 46.0. The molecular weight excluding hydrogens is 246 g/mol. The molecule has 3 rings (SSSR count). The lowest BCUT2D eigenvalue weighted by molar-refractivity contribution is -0.0527. The van der Waals surface area contributed by atoms with E-state index in [2.05, 4.69) is 25.9 Å². The van der Waals surface area contributed by atoms with E-state index < -0.39 is 0 Å². The summed E-state index contributed by atoms with van der Waals surface area (Å²) in [5.41, 5.74) is 0.0638. The van der Waals surface area contributed by atoms with Gasteiger partial charge >= 0.3 is 0 Å². The van der Waals surface area contributed by atoms with Crippen molar-refractivity contribution in [2.24, 2.45) is 23.7 Å². The Balaban J connectivity index is 1.65. The van der Waals surface area contributed by atoms with Crippen LogP contribution in [0.3, 0.4) is 0 Å². The minimum atomic E-state index is -0.116. The fourth-order valence-corrected chi connectivity index (χ4v) is 5.51. The predicted octanol–water partition coefficient (Wildman–Crippen LogP) is 3.68. The first-order valence-corrected chi connectivity index (χ1v) is 8.87. The molecule has 20 heavy (non-hydrogen) atoms. The van der Waals surface area contributed by atoms with E-state index in [4.69, 9.17) is 0 Å². The maximum atomic E-state index is 11.0. The molecule has 4 atom stereocenters. The van der Waals surface area contributed by atoms with Gasteiger partial charge in [0, 0.05) is 5.54 Å². The first-order valence-electron chi connectivity index (χ1n) is 8.87. The van der Waals surface area contributed by atoms with E-state index in [0.717, 1.165) is 30.1 Å². The van der Waals surface area contributed by atoms with Gasteiger partial charge in [0.1, 0.15) is 0 Å². The van der Waals surface area contributed by atoms with E-state index in [0.29, 0.717) is 0 Å². The number of hydrogen-bond donors (Lipinski definition) is 1. The van der Waals surface area contributed by atoms with Crippen LogP contribution in [-0.4, -0.2) is 35.7 Å². The van der Waals surface area contributed by atoms with E-state index in [1.165, 1.54) is 51.4 Å². The molecule has 3 aliphatic carbocycles. The molecule has 3 saturated carbocycles. The van der Waals surface area contributed by atoms with Crippen LogP contribution in [0.2, 0.25) is 0 Å². The third-order valence-electron chi connectivity index (χ3n) is 7.06. The van der Waals surface area contributed by atoms with Crippen LogP contribution < -0.4 is 0 Å². The molecular formula is C18H33NO. The van der Waals surface area contributed by atoms with Crippen LogP contribution in [0.1, 0.15) is 64.7 Å². The van der Waals surface area contributed by atoms with Crippen molar-refractivity contribution < 1.29 is 5.11 Å². The Morgan fingerprint density at radius 1 is 1.10 bits per heavy atom. The van der Waals surface area contributed by atoms with Gasteiger partial charge in [-0.3, -0.25) is 0 Å². The molecule has 0 saturated heterocycles. The molecule has 4 unspecified atom stereocenters.